The number of ketones is 1. The van der Waals surface area contributed by atoms with Crippen LogP contribution in [0.5, 0.6) is 5.75 Å². The Hall–Kier alpha value is -1.52. The van der Waals surface area contributed by atoms with E-state index in [4.69, 9.17) is 4.74 Å². The van der Waals surface area contributed by atoms with Crippen molar-refractivity contribution in [2.45, 2.75) is 110 Å². The molecule has 182 valence electrons. The zero-order chi connectivity index (χ0) is 23.6. The quantitative estimate of drug-likeness (QED) is 0.220. The molecule has 1 saturated carbocycles. The molecular weight excluding hydrogens is 413 g/mol. The highest BCUT2D eigenvalue weighted by Gasteiger charge is 2.37. The summed E-state index contributed by atoms with van der Waals surface area (Å²) in [6.45, 7) is 5.42. The Bertz CT molecular complexity index is 704. The Morgan fingerprint density at radius 1 is 0.938 bits per heavy atom. The van der Waals surface area contributed by atoms with Crippen LogP contribution in [0.25, 0.3) is 0 Å². The van der Waals surface area contributed by atoms with Gasteiger partial charge in [0.05, 0.1) is 6.61 Å². The van der Waals surface area contributed by atoms with Gasteiger partial charge in [0.1, 0.15) is 11.3 Å². The molecule has 0 radical (unpaired) electrons. The topological polar surface area (TPSA) is 26.3 Å². The Morgan fingerprint density at radius 2 is 1.53 bits per heavy atom. The van der Waals surface area contributed by atoms with E-state index in [-0.39, 0.29) is 29.3 Å². The SMILES string of the molecule is CCCCCCCC1CCC(CCCC(=O)c2ccc(OCC)c(C(F)(F)F)c2C)CC1. The van der Waals surface area contributed by atoms with Crippen LogP contribution in [0.15, 0.2) is 12.1 Å². The van der Waals surface area contributed by atoms with Crippen molar-refractivity contribution < 1.29 is 22.7 Å². The predicted octanol–water partition coefficient (Wildman–Crippen LogP) is 8.93. The van der Waals surface area contributed by atoms with Crippen LogP contribution in [-0.2, 0) is 6.18 Å². The first-order chi connectivity index (χ1) is 15.3. The van der Waals surface area contributed by atoms with Crippen molar-refractivity contribution in [3.05, 3.63) is 28.8 Å². The van der Waals surface area contributed by atoms with E-state index in [1.807, 2.05) is 0 Å². The van der Waals surface area contributed by atoms with E-state index in [0.717, 1.165) is 18.8 Å². The van der Waals surface area contributed by atoms with Crippen LogP contribution >= 0.6 is 0 Å². The van der Waals surface area contributed by atoms with Gasteiger partial charge in [0.25, 0.3) is 0 Å². The first kappa shape index (κ1) is 26.7. The number of hydrogen-bond donors (Lipinski definition) is 0. The molecule has 0 amide bonds. The molecule has 0 atom stereocenters. The normalized spacial score (nSPS) is 19.2. The minimum absolute atomic E-state index is 0.0205. The number of unbranched alkanes of at least 4 members (excludes halogenated alkanes) is 4. The number of carbonyl (C=O) groups is 1. The van der Waals surface area contributed by atoms with Gasteiger partial charge in [-0.25, -0.2) is 0 Å². The van der Waals surface area contributed by atoms with E-state index >= 15 is 0 Å². The van der Waals surface area contributed by atoms with Gasteiger partial charge in [-0.2, -0.15) is 13.2 Å². The highest BCUT2D eigenvalue weighted by atomic mass is 19.4. The van der Waals surface area contributed by atoms with Crippen LogP contribution in [0.3, 0.4) is 0 Å². The highest BCUT2D eigenvalue weighted by molar-refractivity contribution is 5.98. The predicted molar refractivity (Wildman–Crippen MR) is 124 cm³/mol. The van der Waals surface area contributed by atoms with Crippen molar-refractivity contribution in [3.63, 3.8) is 0 Å². The molecule has 32 heavy (non-hydrogen) atoms. The number of benzene rings is 1. The van der Waals surface area contributed by atoms with E-state index < -0.39 is 11.7 Å². The molecule has 0 aromatic heterocycles. The van der Waals surface area contributed by atoms with Gasteiger partial charge in [0.15, 0.2) is 5.78 Å². The number of ether oxygens (including phenoxy) is 1. The first-order valence-electron chi connectivity index (χ1n) is 12.6. The average Bonchev–Trinajstić information content (AvgIpc) is 2.74. The minimum Gasteiger partial charge on any atom is -0.493 e. The smallest absolute Gasteiger partial charge is 0.420 e. The van der Waals surface area contributed by atoms with Crippen LogP contribution in [0.1, 0.15) is 119 Å². The largest absolute Gasteiger partial charge is 0.493 e. The van der Waals surface area contributed by atoms with Gasteiger partial charge in [0.2, 0.25) is 0 Å². The highest BCUT2D eigenvalue weighted by Crippen LogP contribution is 2.40. The van der Waals surface area contributed by atoms with Crippen molar-refractivity contribution >= 4 is 5.78 Å². The fourth-order valence-electron chi connectivity index (χ4n) is 5.15. The summed E-state index contributed by atoms with van der Waals surface area (Å²) in [6.07, 6.45) is 10.6. The summed E-state index contributed by atoms with van der Waals surface area (Å²) in [4.78, 5) is 12.7. The number of hydrogen-bond acceptors (Lipinski definition) is 2. The molecule has 1 aromatic rings. The van der Waals surface area contributed by atoms with Crippen molar-refractivity contribution in [3.8, 4) is 5.75 Å². The van der Waals surface area contributed by atoms with Crippen molar-refractivity contribution in [1.82, 2.24) is 0 Å². The zero-order valence-corrected chi connectivity index (χ0v) is 20.2. The van der Waals surface area contributed by atoms with Crippen molar-refractivity contribution in [2.24, 2.45) is 11.8 Å². The van der Waals surface area contributed by atoms with E-state index in [9.17, 15) is 18.0 Å². The van der Waals surface area contributed by atoms with E-state index in [0.29, 0.717) is 12.3 Å². The molecule has 1 aliphatic carbocycles. The van der Waals surface area contributed by atoms with Gasteiger partial charge in [-0.05, 0) is 49.8 Å². The van der Waals surface area contributed by atoms with Crippen LogP contribution in [0, 0.1) is 18.8 Å². The summed E-state index contributed by atoms with van der Waals surface area (Å²) in [5, 5.41) is 0. The van der Waals surface area contributed by atoms with Gasteiger partial charge < -0.3 is 4.74 Å². The number of rotatable bonds is 13. The average molecular weight is 455 g/mol. The standard InChI is InChI=1S/C27H41F3O2/c1-4-6-7-8-9-11-21-14-16-22(17-15-21)12-10-13-24(31)23-18-19-25(32-5-2)26(20(23)3)27(28,29)30/h18-19,21-22H,4-17H2,1-3H3. The maximum atomic E-state index is 13.5. The molecular formula is C27H41F3O2. The molecule has 0 saturated heterocycles. The minimum atomic E-state index is -4.54. The number of halogens is 3. The van der Waals surface area contributed by atoms with Gasteiger partial charge in [0, 0.05) is 12.0 Å². The monoisotopic (exact) mass is 454 g/mol. The third kappa shape index (κ3) is 8.12. The zero-order valence-electron chi connectivity index (χ0n) is 20.2. The molecule has 1 aromatic carbocycles. The van der Waals surface area contributed by atoms with Crippen LogP contribution in [0.2, 0.25) is 0 Å². The fraction of sp³-hybridized carbons (Fsp3) is 0.741. The van der Waals surface area contributed by atoms with Gasteiger partial charge in [-0.1, -0.05) is 77.6 Å². The molecule has 2 nitrogen and oxygen atoms in total. The summed E-state index contributed by atoms with van der Waals surface area (Å²) < 4.78 is 45.8. The summed E-state index contributed by atoms with van der Waals surface area (Å²) >= 11 is 0. The lowest BCUT2D eigenvalue weighted by Gasteiger charge is -2.28. The third-order valence-corrected chi connectivity index (χ3v) is 7.01. The number of Topliss-reactive ketones (excluding diaryl/α,β-unsaturated/α-hetero) is 1. The van der Waals surface area contributed by atoms with E-state index in [2.05, 4.69) is 6.92 Å². The maximum absolute atomic E-state index is 13.5. The summed E-state index contributed by atoms with van der Waals surface area (Å²) in [5.74, 6) is 1.13. The van der Waals surface area contributed by atoms with Crippen molar-refractivity contribution in [1.29, 1.82) is 0 Å². The number of carbonyl (C=O) groups excluding carboxylic acids is 1. The van der Waals surface area contributed by atoms with E-state index in [1.165, 1.54) is 83.3 Å². The summed E-state index contributed by atoms with van der Waals surface area (Å²) in [5.41, 5.74) is -0.668. The van der Waals surface area contributed by atoms with Crippen LogP contribution in [-0.4, -0.2) is 12.4 Å². The Labute approximate surface area is 192 Å². The first-order valence-corrected chi connectivity index (χ1v) is 12.6. The van der Waals surface area contributed by atoms with Crippen LogP contribution < -0.4 is 4.74 Å². The van der Waals surface area contributed by atoms with Crippen molar-refractivity contribution in [2.75, 3.05) is 6.61 Å². The van der Waals surface area contributed by atoms with E-state index in [1.54, 1.807) is 6.92 Å². The second-order valence-corrected chi connectivity index (χ2v) is 9.45. The second kappa shape index (κ2) is 13.3. The molecule has 5 heteroatoms. The molecule has 0 spiro atoms. The molecule has 0 unspecified atom stereocenters. The summed E-state index contributed by atoms with van der Waals surface area (Å²) in [7, 11) is 0. The number of alkyl halides is 3. The van der Waals surface area contributed by atoms with Crippen LogP contribution in [0.4, 0.5) is 13.2 Å². The molecule has 0 bridgehead atoms. The lowest BCUT2D eigenvalue weighted by Crippen LogP contribution is -2.16. The lowest BCUT2D eigenvalue weighted by atomic mass is 9.78. The Morgan fingerprint density at radius 3 is 2.09 bits per heavy atom. The van der Waals surface area contributed by atoms with Gasteiger partial charge in [-0.3, -0.25) is 4.79 Å². The Kier molecular flexibility index (Phi) is 11.1. The second-order valence-electron chi connectivity index (χ2n) is 9.45. The molecule has 1 fully saturated rings. The lowest BCUT2D eigenvalue weighted by molar-refractivity contribution is -0.139. The summed E-state index contributed by atoms with van der Waals surface area (Å²) in [6, 6.07) is 2.78. The molecule has 2 rings (SSSR count). The molecule has 0 heterocycles. The van der Waals surface area contributed by atoms with Gasteiger partial charge >= 0.3 is 6.18 Å². The van der Waals surface area contributed by atoms with Gasteiger partial charge in [-0.15, -0.1) is 0 Å². The molecule has 0 aliphatic heterocycles. The maximum Gasteiger partial charge on any atom is 0.420 e. The third-order valence-electron chi connectivity index (χ3n) is 7.01. The fourth-order valence-corrected chi connectivity index (χ4v) is 5.15. The molecule has 1 aliphatic rings. The Balaban J connectivity index is 1.79. The molecule has 0 N–H and O–H groups in total.